The molecule has 0 atom stereocenters. The molecule has 0 aromatic rings. The molecule has 0 radical (unpaired) electrons. The fourth-order valence-corrected chi connectivity index (χ4v) is 0.582. The van der Waals surface area contributed by atoms with Gasteiger partial charge in [0.1, 0.15) is 0 Å². The van der Waals surface area contributed by atoms with Gasteiger partial charge in [-0.15, -0.1) is 0 Å². The molecule has 0 heterocycles. The Bertz CT molecular complexity index is 133. The largest absolute Gasteiger partial charge is 0.353 e. The Kier molecular flexibility index (Phi) is 3.99. The van der Waals surface area contributed by atoms with Crippen LogP contribution in [0, 0.1) is 10.1 Å². The van der Waals surface area contributed by atoms with Crippen molar-refractivity contribution in [2.24, 2.45) is 0 Å². The number of hydrogen-bond donors (Lipinski definition) is 0. The fourth-order valence-electron chi connectivity index (χ4n) is 0.582. The maximum absolute atomic E-state index is 9.97. The van der Waals surface area contributed by atoms with Crippen LogP contribution in [-0.4, -0.2) is 31.5 Å². The van der Waals surface area contributed by atoms with Crippen molar-refractivity contribution in [1.82, 2.24) is 0 Å². The summed E-state index contributed by atoms with van der Waals surface area (Å²) in [6, 6.07) is 0. The molecule has 0 aliphatic heterocycles. The van der Waals surface area contributed by atoms with Gasteiger partial charge in [-0.25, -0.2) is 0 Å². The van der Waals surface area contributed by atoms with Crippen molar-refractivity contribution in [3.8, 4) is 0 Å². The van der Waals surface area contributed by atoms with Crippen molar-refractivity contribution in [2.45, 2.75) is 19.1 Å². The summed E-state index contributed by atoms with van der Waals surface area (Å²) in [6.07, 6.45) is 0.257. The zero-order chi connectivity index (χ0) is 8.91. The molecule has 0 rings (SSSR count). The monoisotopic (exact) mass is 163 g/mol. The van der Waals surface area contributed by atoms with E-state index in [1.165, 1.54) is 14.2 Å². The van der Waals surface area contributed by atoms with Crippen LogP contribution in [0.1, 0.15) is 13.3 Å². The summed E-state index contributed by atoms with van der Waals surface area (Å²) >= 11 is 0. The normalized spacial score (nSPS) is 11.5. The second-order valence-corrected chi connectivity index (χ2v) is 2.35. The van der Waals surface area contributed by atoms with Gasteiger partial charge in [0.2, 0.25) is 6.54 Å². The van der Waals surface area contributed by atoms with Crippen LogP contribution >= 0.6 is 0 Å². The summed E-state index contributed by atoms with van der Waals surface area (Å²) < 4.78 is 9.82. The zero-order valence-electron chi connectivity index (χ0n) is 6.99. The summed E-state index contributed by atoms with van der Waals surface area (Å²) in [7, 11) is 2.92. The van der Waals surface area contributed by atoms with Gasteiger partial charge in [-0.05, 0) is 6.92 Å². The van der Waals surface area contributed by atoms with E-state index >= 15 is 0 Å². The Balaban J connectivity index is 3.78. The van der Waals surface area contributed by atoms with Gasteiger partial charge in [0.15, 0.2) is 5.79 Å². The maximum atomic E-state index is 9.97. The number of hydrogen-bond acceptors (Lipinski definition) is 4. The topological polar surface area (TPSA) is 61.6 Å². The molecule has 0 unspecified atom stereocenters. The second kappa shape index (κ2) is 4.25. The van der Waals surface area contributed by atoms with Gasteiger partial charge in [0.25, 0.3) is 0 Å². The van der Waals surface area contributed by atoms with Gasteiger partial charge in [-0.1, -0.05) is 0 Å². The van der Waals surface area contributed by atoms with Crippen molar-refractivity contribution in [3.05, 3.63) is 10.1 Å². The van der Waals surface area contributed by atoms with Gasteiger partial charge in [-0.3, -0.25) is 10.1 Å². The maximum Gasteiger partial charge on any atom is 0.209 e. The third-order valence-electron chi connectivity index (χ3n) is 1.61. The first kappa shape index (κ1) is 10.3. The lowest BCUT2D eigenvalue weighted by Gasteiger charge is -2.24. The molecule has 0 saturated carbocycles. The standard InChI is InChI=1S/C6H13NO4/c1-6(10-2,11-3)4-5-7(8)9/h4-5H2,1-3H3. The lowest BCUT2D eigenvalue weighted by molar-refractivity contribution is -0.487. The SMILES string of the molecule is COC(C)(CC[N+](=O)[O-])OC. The highest BCUT2D eigenvalue weighted by Gasteiger charge is 2.24. The highest BCUT2D eigenvalue weighted by Crippen LogP contribution is 2.14. The number of rotatable bonds is 5. The van der Waals surface area contributed by atoms with Crippen LogP contribution in [0.25, 0.3) is 0 Å². The van der Waals surface area contributed by atoms with Crippen LogP contribution in [0.4, 0.5) is 0 Å². The molecular formula is C6H13NO4. The molecule has 0 fully saturated rings. The van der Waals surface area contributed by atoms with E-state index in [2.05, 4.69) is 0 Å². The summed E-state index contributed by atoms with van der Waals surface area (Å²) in [5, 5.41) is 9.97. The summed E-state index contributed by atoms with van der Waals surface area (Å²) in [6.45, 7) is 1.52. The van der Waals surface area contributed by atoms with Crippen LogP contribution in [0.5, 0.6) is 0 Å². The first-order valence-corrected chi connectivity index (χ1v) is 3.26. The van der Waals surface area contributed by atoms with E-state index in [1.54, 1.807) is 6.92 Å². The van der Waals surface area contributed by atoms with Gasteiger partial charge in [-0.2, -0.15) is 0 Å². The van der Waals surface area contributed by atoms with Gasteiger partial charge < -0.3 is 9.47 Å². The molecule has 5 heteroatoms. The summed E-state index contributed by atoms with van der Waals surface area (Å²) in [4.78, 5) is 9.58. The third-order valence-corrected chi connectivity index (χ3v) is 1.61. The molecule has 0 amide bonds. The van der Waals surface area contributed by atoms with E-state index < -0.39 is 10.7 Å². The second-order valence-electron chi connectivity index (χ2n) is 2.35. The molecule has 0 spiro atoms. The third kappa shape index (κ3) is 3.90. The molecule has 0 aliphatic carbocycles. The Hall–Kier alpha value is -0.680. The van der Waals surface area contributed by atoms with Gasteiger partial charge >= 0.3 is 0 Å². The smallest absolute Gasteiger partial charge is 0.209 e. The quantitative estimate of drug-likeness (QED) is 0.339. The average molecular weight is 163 g/mol. The molecular weight excluding hydrogens is 150 g/mol. The van der Waals surface area contributed by atoms with E-state index in [4.69, 9.17) is 9.47 Å². The minimum atomic E-state index is -0.826. The van der Waals surface area contributed by atoms with Crippen LogP contribution in [0.3, 0.4) is 0 Å². The Morgan fingerprint density at radius 1 is 1.45 bits per heavy atom. The van der Waals surface area contributed by atoms with Crippen molar-refractivity contribution in [1.29, 1.82) is 0 Å². The van der Waals surface area contributed by atoms with Crippen LogP contribution in [0.2, 0.25) is 0 Å². The summed E-state index contributed by atoms with van der Waals surface area (Å²) in [5.41, 5.74) is 0. The molecule has 0 aromatic heterocycles. The highest BCUT2D eigenvalue weighted by atomic mass is 16.7. The number of nitro groups is 1. The van der Waals surface area contributed by atoms with Crippen LogP contribution in [-0.2, 0) is 9.47 Å². The minimum Gasteiger partial charge on any atom is -0.353 e. The van der Waals surface area contributed by atoms with Crippen molar-refractivity contribution >= 4 is 0 Å². The first-order valence-electron chi connectivity index (χ1n) is 3.26. The van der Waals surface area contributed by atoms with E-state index in [-0.39, 0.29) is 13.0 Å². The molecule has 5 nitrogen and oxygen atoms in total. The Labute approximate surface area is 65.4 Å². The minimum absolute atomic E-state index is 0.141. The lowest BCUT2D eigenvalue weighted by Crippen LogP contribution is -2.32. The molecule has 0 saturated heterocycles. The average Bonchev–Trinajstić information content (AvgIpc) is 2.00. The van der Waals surface area contributed by atoms with E-state index in [9.17, 15) is 10.1 Å². The molecule has 0 aliphatic rings. The molecule has 0 bridgehead atoms. The van der Waals surface area contributed by atoms with Crippen molar-refractivity contribution < 1.29 is 14.4 Å². The predicted octanol–water partition coefficient (Wildman–Crippen LogP) is 0.662. The highest BCUT2D eigenvalue weighted by molar-refractivity contribution is 4.59. The summed E-state index contributed by atoms with van der Waals surface area (Å²) in [5.74, 6) is -0.826. The molecule has 0 aromatic carbocycles. The molecule has 0 N–H and O–H groups in total. The van der Waals surface area contributed by atoms with E-state index in [0.29, 0.717) is 0 Å². The van der Waals surface area contributed by atoms with Gasteiger partial charge in [0.05, 0.1) is 6.42 Å². The fraction of sp³-hybridized carbons (Fsp3) is 1.00. The Morgan fingerprint density at radius 2 is 1.91 bits per heavy atom. The van der Waals surface area contributed by atoms with Crippen molar-refractivity contribution in [2.75, 3.05) is 20.8 Å². The van der Waals surface area contributed by atoms with E-state index in [1.807, 2.05) is 0 Å². The van der Waals surface area contributed by atoms with Gasteiger partial charge in [0, 0.05) is 19.1 Å². The molecule has 11 heavy (non-hydrogen) atoms. The number of ether oxygens (including phenoxy) is 2. The van der Waals surface area contributed by atoms with Crippen LogP contribution < -0.4 is 0 Å². The van der Waals surface area contributed by atoms with Crippen LogP contribution in [0.15, 0.2) is 0 Å². The van der Waals surface area contributed by atoms with Crippen molar-refractivity contribution in [3.63, 3.8) is 0 Å². The lowest BCUT2D eigenvalue weighted by atomic mass is 10.2. The Morgan fingerprint density at radius 3 is 2.18 bits per heavy atom. The van der Waals surface area contributed by atoms with E-state index in [0.717, 1.165) is 0 Å². The number of nitrogens with zero attached hydrogens (tertiary/aromatic N) is 1. The number of methoxy groups -OCH3 is 2. The zero-order valence-corrected chi connectivity index (χ0v) is 6.99. The molecule has 66 valence electrons. The first-order chi connectivity index (χ1) is 5.04. The predicted molar refractivity (Wildman–Crippen MR) is 38.9 cm³/mol.